The molecule has 0 aromatic heterocycles. The summed E-state index contributed by atoms with van der Waals surface area (Å²) < 4.78 is 5.24. The molecule has 1 unspecified atom stereocenters. The fourth-order valence-electron chi connectivity index (χ4n) is 1.36. The highest BCUT2D eigenvalue weighted by Crippen LogP contribution is 2.23. The summed E-state index contributed by atoms with van der Waals surface area (Å²) in [6, 6.07) is 0. The lowest BCUT2D eigenvalue weighted by molar-refractivity contribution is -0.0858. The van der Waals surface area contributed by atoms with Gasteiger partial charge in [0.05, 0.1) is 11.7 Å². The van der Waals surface area contributed by atoms with Gasteiger partial charge in [0.2, 0.25) is 0 Å². The van der Waals surface area contributed by atoms with E-state index in [1.54, 1.807) is 7.11 Å². The largest absolute Gasteiger partial charge is 0.390 e. The van der Waals surface area contributed by atoms with Crippen molar-refractivity contribution in [1.82, 2.24) is 0 Å². The van der Waals surface area contributed by atoms with Gasteiger partial charge in [-0.15, -0.1) is 0 Å². The molecule has 0 saturated carbocycles. The maximum Gasteiger partial charge on any atom is 0.0880 e. The van der Waals surface area contributed by atoms with Crippen molar-refractivity contribution in [3.8, 4) is 0 Å². The number of methoxy groups -OCH3 is 1. The normalized spacial score (nSPS) is 15.0. The van der Waals surface area contributed by atoms with E-state index in [2.05, 4.69) is 13.8 Å². The van der Waals surface area contributed by atoms with Crippen molar-refractivity contribution in [3.05, 3.63) is 0 Å². The van der Waals surface area contributed by atoms with E-state index in [1.165, 1.54) is 0 Å². The molecule has 0 fully saturated rings. The zero-order valence-corrected chi connectivity index (χ0v) is 9.63. The second-order valence-corrected chi connectivity index (χ2v) is 4.24. The summed E-state index contributed by atoms with van der Waals surface area (Å²) in [5.74, 6) is 0.615. The molecule has 1 atom stereocenters. The Kier molecular flexibility index (Phi) is 5.57. The molecule has 2 heteroatoms. The molecule has 0 heterocycles. The Morgan fingerprint density at radius 2 is 1.69 bits per heavy atom. The Morgan fingerprint density at radius 1 is 1.23 bits per heavy atom. The minimum Gasteiger partial charge on any atom is -0.390 e. The number of aliphatic hydroxyl groups is 1. The lowest BCUT2D eigenvalue weighted by Gasteiger charge is -2.31. The smallest absolute Gasteiger partial charge is 0.0880 e. The molecule has 0 aromatic carbocycles. The van der Waals surface area contributed by atoms with Gasteiger partial charge in [-0.2, -0.15) is 0 Å². The van der Waals surface area contributed by atoms with E-state index in [4.69, 9.17) is 4.74 Å². The topological polar surface area (TPSA) is 29.5 Å². The van der Waals surface area contributed by atoms with Crippen molar-refractivity contribution in [3.63, 3.8) is 0 Å². The van der Waals surface area contributed by atoms with Crippen molar-refractivity contribution >= 4 is 0 Å². The summed E-state index contributed by atoms with van der Waals surface area (Å²) in [6.45, 7) is 8.20. The predicted molar refractivity (Wildman–Crippen MR) is 55.8 cm³/mol. The van der Waals surface area contributed by atoms with Gasteiger partial charge in [0, 0.05) is 7.11 Å². The van der Waals surface area contributed by atoms with Gasteiger partial charge in [-0.1, -0.05) is 26.7 Å². The van der Waals surface area contributed by atoms with E-state index < -0.39 is 5.60 Å². The van der Waals surface area contributed by atoms with Crippen LogP contribution in [0.25, 0.3) is 0 Å². The van der Waals surface area contributed by atoms with Crippen molar-refractivity contribution < 1.29 is 9.84 Å². The second kappa shape index (κ2) is 5.61. The number of hydrogen-bond acceptors (Lipinski definition) is 2. The fourth-order valence-corrected chi connectivity index (χ4v) is 1.36. The van der Waals surface area contributed by atoms with Gasteiger partial charge in [0.15, 0.2) is 0 Å². The maximum atomic E-state index is 9.88. The molecule has 0 bridgehead atoms. The number of aliphatic hydroxyl groups excluding tert-OH is 1. The van der Waals surface area contributed by atoms with Crippen LogP contribution in [0, 0.1) is 5.92 Å². The van der Waals surface area contributed by atoms with Gasteiger partial charge in [0.25, 0.3) is 0 Å². The van der Waals surface area contributed by atoms with Gasteiger partial charge >= 0.3 is 0 Å². The van der Waals surface area contributed by atoms with Crippen molar-refractivity contribution in [1.29, 1.82) is 0 Å². The zero-order chi connectivity index (χ0) is 10.5. The molecule has 13 heavy (non-hydrogen) atoms. The lowest BCUT2D eigenvalue weighted by Crippen LogP contribution is -2.39. The molecule has 0 aliphatic carbocycles. The Labute approximate surface area is 82.3 Å². The minimum absolute atomic E-state index is 0.359. The molecule has 0 aromatic rings. The summed E-state index contributed by atoms with van der Waals surface area (Å²) in [6.07, 6.45) is 2.75. The lowest BCUT2D eigenvalue weighted by atomic mass is 9.89. The maximum absolute atomic E-state index is 9.88. The molecule has 1 N–H and O–H groups in total. The highest BCUT2D eigenvalue weighted by molar-refractivity contribution is 4.80. The van der Waals surface area contributed by atoms with Crippen LogP contribution < -0.4 is 0 Å². The minimum atomic E-state index is -0.414. The van der Waals surface area contributed by atoms with Crippen LogP contribution in [-0.2, 0) is 4.74 Å². The first kappa shape index (κ1) is 12.9. The van der Waals surface area contributed by atoms with Crippen molar-refractivity contribution in [2.24, 2.45) is 5.92 Å². The van der Waals surface area contributed by atoms with E-state index in [-0.39, 0.29) is 6.10 Å². The summed E-state index contributed by atoms with van der Waals surface area (Å²) in [4.78, 5) is 0. The van der Waals surface area contributed by atoms with Gasteiger partial charge in [-0.25, -0.2) is 0 Å². The monoisotopic (exact) mass is 188 g/mol. The average molecular weight is 188 g/mol. The summed E-state index contributed by atoms with van der Waals surface area (Å²) in [7, 11) is 1.65. The van der Waals surface area contributed by atoms with Gasteiger partial charge in [0.1, 0.15) is 0 Å². The third-order valence-corrected chi connectivity index (χ3v) is 3.04. The highest BCUT2D eigenvalue weighted by atomic mass is 16.5. The van der Waals surface area contributed by atoms with E-state index in [9.17, 15) is 5.11 Å². The molecule has 2 nitrogen and oxygen atoms in total. The molecule has 0 spiro atoms. The highest BCUT2D eigenvalue weighted by Gasteiger charge is 2.28. The fraction of sp³-hybridized carbons (Fsp3) is 1.00. The van der Waals surface area contributed by atoms with E-state index in [1.807, 2.05) is 13.8 Å². The third-order valence-electron chi connectivity index (χ3n) is 3.04. The first-order chi connectivity index (χ1) is 5.97. The first-order valence-corrected chi connectivity index (χ1v) is 5.21. The Morgan fingerprint density at radius 3 is 2.00 bits per heavy atom. The van der Waals surface area contributed by atoms with Gasteiger partial charge < -0.3 is 9.84 Å². The molecule has 80 valence electrons. The predicted octanol–water partition coefficient (Wildman–Crippen LogP) is 2.60. The van der Waals surface area contributed by atoms with Crippen molar-refractivity contribution in [2.75, 3.05) is 7.11 Å². The van der Waals surface area contributed by atoms with Crippen LogP contribution >= 0.6 is 0 Å². The van der Waals surface area contributed by atoms with E-state index >= 15 is 0 Å². The van der Waals surface area contributed by atoms with Crippen LogP contribution in [0.15, 0.2) is 0 Å². The summed E-state index contributed by atoms with van der Waals surface area (Å²) >= 11 is 0. The molecule has 0 radical (unpaired) electrons. The zero-order valence-electron chi connectivity index (χ0n) is 9.63. The summed E-state index contributed by atoms with van der Waals surface area (Å²) in [5.41, 5.74) is -0.414. The second-order valence-electron chi connectivity index (χ2n) is 4.24. The number of ether oxygens (including phenoxy) is 1. The van der Waals surface area contributed by atoms with Crippen LogP contribution in [0.4, 0.5) is 0 Å². The molecular formula is C11H24O2. The van der Waals surface area contributed by atoms with Crippen LogP contribution in [0.2, 0.25) is 0 Å². The van der Waals surface area contributed by atoms with Crippen LogP contribution in [0.5, 0.6) is 0 Å². The van der Waals surface area contributed by atoms with E-state index in [0.717, 1.165) is 19.3 Å². The van der Waals surface area contributed by atoms with Crippen LogP contribution in [0.1, 0.15) is 47.0 Å². The molecule has 0 aliphatic heterocycles. The SMILES string of the molecule is CCC(CC)CC(O)C(C)(C)OC. The quantitative estimate of drug-likeness (QED) is 0.694. The van der Waals surface area contributed by atoms with Crippen molar-refractivity contribution in [2.45, 2.75) is 58.7 Å². The summed E-state index contributed by atoms with van der Waals surface area (Å²) in [5, 5.41) is 9.88. The first-order valence-electron chi connectivity index (χ1n) is 5.21. The van der Waals surface area contributed by atoms with E-state index in [0.29, 0.717) is 5.92 Å². The average Bonchev–Trinajstić information content (AvgIpc) is 2.13. The van der Waals surface area contributed by atoms with Gasteiger partial charge in [-0.3, -0.25) is 0 Å². The Balaban J connectivity index is 4.04. The molecule has 0 amide bonds. The van der Waals surface area contributed by atoms with Crippen LogP contribution in [-0.4, -0.2) is 23.9 Å². The Hall–Kier alpha value is -0.0800. The molecular weight excluding hydrogens is 164 g/mol. The third kappa shape index (κ3) is 4.10. The van der Waals surface area contributed by atoms with Gasteiger partial charge in [-0.05, 0) is 26.2 Å². The molecule has 0 aliphatic rings. The number of hydrogen-bond donors (Lipinski definition) is 1. The molecule has 0 saturated heterocycles. The number of rotatable bonds is 6. The standard InChI is InChI=1S/C11H24O2/c1-6-9(7-2)8-10(12)11(3,4)13-5/h9-10,12H,6-8H2,1-5H3. The Bertz CT molecular complexity index is 128. The molecule has 0 rings (SSSR count). The van der Waals surface area contributed by atoms with Crippen LogP contribution in [0.3, 0.4) is 0 Å².